The molecule has 0 aliphatic rings. The van der Waals surface area contributed by atoms with Crippen molar-refractivity contribution in [2.45, 2.75) is 20.4 Å². The molecule has 0 saturated heterocycles. The normalized spacial score (nSPS) is 10.8. The van der Waals surface area contributed by atoms with E-state index in [9.17, 15) is 4.79 Å². The minimum absolute atomic E-state index is 0.227. The Kier molecular flexibility index (Phi) is 5.86. The van der Waals surface area contributed by atoms with Crippen molar-refractivity contribution in [1.82, 2.24) is 9.97 Å². The maximum Gasteiger partial charge on any atom is 0.264 e. The first kappa shape index (κ1) is 20.8. The summed E-state index contributed by atoms with van der Waals surface area (Å²) in [6, 6.07) is 15.1. The number of fused-ring (bicyclic) bond motifs is 1. The van der Waals surface area contributed by atoms with Gasteiger partial charge in [-0.25, -0.2) is 4.98 Å². The van der Waals surface area contributed by atoms with Crippen molar-refractivity contribution in [3.05, 3.63) is 77.1 Å². The Labute approximate surface area is 185 Å². The number of ether oxygens (including phenoxy) is 2. The van der Waals surface area contributed by atoms with Gasteiger partial charge in [0.2, 0.25) is 0 Å². The molecule has 0 fully saturated rings. The SMILES string of the molecule is COc1cccc(C(=O)N(Cc2ccccn2)c2nc3c(C)c(C)ccc3s2)c1OC. The minimum atomic E-state index is -0.227. The van der Waals surface area contributed by atoms with Gasteiger partial charge in [0.1, 0.15) is 0 Å². The van der Waals surface area contributed by atoms with Crippen molar-refractivity contribution in [3.63, 3.8) is 0 Å². The van der Waals surface area contributed by atoms with E-state index in [4.69, 9.17) is 14.5 Å². The van der Waals surface area contributed by atoms with Crippen LogP contribution in [0.5, 0.6) is 11.5 Å². The Balaban J connectivity index is 1.84. The van der Waals surface area contributed by atoms with Crippen LogP contribution in [-0.4, -0.2) is 30.1 Å². The van der Waals surface area contributed by atoms with Crippen LogP contribution in [0.15, 0.2) is 54.7 Å². The van der Waals surface area contributed by atoms with Crippen LogP contribution >= 0.6 is 11.3 Å². The number of para-hydroxylation sites is 1. The van der Waals surface area contributed by atoms with E-state index in [-0.39, 0.29) is 12.5 Å². The number of thiazole rings is 1. The van der Waals surface area contributed by atoms with Crippen molar-refractivity contribution >= 4 is 32.6 Å². The number of anilines is 1. The number of methoxy groups -OCH3 is 2. The summed E-state index contributed by atoms with van der Waals surface area (Å²) in [7, 11) is 3.08. The Morgan fingerprint density at radius 3 is 2.58 bits per heavy atom. The summed E-state index contributed by atoms with van der Waals surface area (Å²) >= 11 is 1.49. The highest BCUT2D eigenvalue weighted by Gasteiger charge is 2.26. The lowest BCUT2D eigenvalue weighted by atomic mass is 10.1. The van der Waals surface area contributed by atoms with Crippen molar-refractivity contribution < 1.29 is 14.3 Å². The molecule has 2 aromatic heterocycles. The molecule has 0 atom stereocenters. The Hall–Kier alpha value is -3.45. The molecule has 0 aliphatic carbocycles. The molecule has 0 bridgehead atoms. The summed E-state index contributed by atoms with van der Waals surface area (Å²) in [5.41, 5.74) is 4.37. The van der Waals surface area contributed by atoms with Crippen LogP contribution in [-0.2, 0) is 6.54 Å². The third-order valence-corrected chi connectivity index (χ3v) is 6.27. The average molecular weight is 434 g/mol. The first-order valence-electron chi connectivity index (χ1n) is 9.83. The third kappa shape index (κ3) is 3.96. The van der Waals surface area contributed by atoms with Gasteiger partial charge in [-0.05, 0) is 55.3 Å². The first-order chi connectivity index (χ1) is 15.0. The van der Waals surface area contributed by atoms with Crippen molar-refractivity contribution in [1.29, 1.82) is 0 Å². The molecule has 158 valence electrons. The largest absolute Gasteiger partial charge is 0.493 e. The maximum atomic E-state index is 13.8. The predicted molar refractivity (Wildman–Crippen MR) is 123 cm³/mol. The molecular formula is C24H23N3O3S. The van der Waals surface area contributed by atoms with Crippen LogP contribution in [0.2, 0.25) is 0 Å². The van der Waals surface area contributed by atoms with Crippen molar-refractivity contribution in [3.8, 4) is 11.5 Å². The Morgan fingerprint density at radius 1 is 1.03 bits per heavy atom. The molecule has 4 aromatic rings. The lowest BCUT2D eigenvalue weighted by Crippen LogP contribution is -2.31. The summed E-state index contributed by atoms with van der Waals surface area (Å²) in [5.74, 6) is 0.672. The quantitative estimate of drug-likeness (QED) is 0.420. The van der Waals surface area contributed by atoms with E-state index in [1.165, 1.54) is 24.0 Å². The minimum Gasteiger partial charge on any atom is -0.493 e. The lowest BCUT2D eigenvalue weighted by Gasteiger charge is -2.21. The maximum absolute atomic E-state index is 13.8. The number of hydrogen-bond acceptors (Lipinski definition) is 6. The lowest BCUT2D eigenvalue weighted by molar-refractivity contribution is 0.0981. The Morgan fingerprint density at radius 2 is 1.87 bits per heavy atom. The van der Waals surface area contributed by atoms with Crippen molar-refractivity contribution in [2.75, 3.05) is 19.1 Å². The molecule has 7 heteroatoms. The average Bonchev–Trinajstić information content (AvgIpc) is 3.24. The summed E-state index contributed by atoms with van der Waals surface area (Å²) in [4.78, 5) is 24.7. The highest BCUT2D eigenvalue weighted by molar-refractivity contribution is 7.22. The predicted octanol–water partition coefficient (Wildman–Crippen LogP) is 5.17. The second kappa shape index (κ2) is 8.73. The number of carbonyl (C=O) groups excluding carboxylic acids is 1. The van der Waals surface area contributed by atoms with E-state index in [0.717, 1.165) is 21.5 Å². The van der Waals surface area contributed by atoms with Crippen molar-refractivity contribution in [2.24, 2.45) is 0 Å². The van der Waals surface area contributed by atoms with E-state index in [0.29, 0.717) is 22.2 Å². The molecule has 0 aliphatic heterocycles. The molecule has 0 unspecified atom stereocenters. The van der Waals surface area contributed by atoms with Gasteiger partial charge in [0.25, 0.3) is 5.91 Å². The molecule has 0 radical (unpaired) electrons. The molecule has 1 amide bonds. The van der Waals surface area contributed by atoms with Gasteiger partial charge in [-0.15, -0.1) is 0 Å². The van der Waals surface area contributed by atoms with Gasteiger partial charge < -0.3 is 9.47 Å². The number of rotatable bonds is 6. The zero-order valence-electron chi connectivity index (χ0n) is 17.9. The number of hydrogen-bond donors (Lipinski definition) is 0. The number of aromatic nitrogens is 2. The smallest absolute Gasteiger partial charge is 0.264 e. The number of pyridine rings is 1. The Bertz CT molecular complexity index is 1240. The molecule has 0 saturated carbocycles. The number of amides is 1. The van der Waals surface area contributed by atoms with Crippen LogP contribution in [0.3, 0.4) is 0 Å². The molecule has 2 heterocycles. The fraction of sp³-hybridized carbons (Fsp3) is 0.208. The van der Waals surface area contributed by atoms with Gasteiger partial charge in [-0.3, -0.25) is 14.7 Å². The van der Waals surface area contributed by atoms with Crippen LogP contribution < -0.4 is 14.4 Å². The van der Waals surface area contributed by atoms with E-state index in [2.05, 4.69) is 24.9 Å². The van der Waals surface area contributed by atoms with Gasteiger partial charge in [0, 0.05) is 6.20 Å². The molecule has 2 aromatic carbocycles. The van der Waals surface area contributed by atoms with E-state index in [1.807, 2.05) is 24.3 Å². The number of aryl methyl sites for hydroxylation is 2. The number of nitrogens with zero attached hydrogens (tertiary/aromatic N) is 3. The highest BCUT2D eigenvalue weighted by atomic mass is 32.1. The molecular weight excluding hydrogens is 410 g/mol. The van der Waals surface area contributed by atoms with Gasteiger partial charge >= 0.3 is 0 Å². The molecule has 6 nitrogen and oxygen atoms in total. The molecule has 31 heavy (non-hydrogen) atoms. The van der Waals surface area contributed by atoms with Gasteiger partial charge in [-0.2, -0.15) is 0 Å². The first-order valence-corrected chi connectivity index (χ1v) is 10.6. The standard InChI is InChI=1S/C24H23N3O3S/c1-15-11-12-20-21(16(15)2)26-24(31-20)27(14-17-8-5-6-13-25-17)23(28)18-9-7-10-19(29-3)22(18)30-4/h5-13H,14H2,1-4H3. The van der Waals surface area contributed by atoms with Gasteiger partial charge in [0.15, 0.2) is 16.6 Å². The second-order valence-corrected chi connectivity index (χ2v) is 8.11. The second-order valence-electron chi connectivity index (χ2n) is 7.10. The fourth-order valence-corrected chi connectivity index (χ4v) is 4.43. The zero-order chi connectivity index (χ0) is 22.0. The topological polar surface area (TPSA) is 64.5 Å². The van der Waals surface area contributed by atoms with Crippen LogP contribution in [0.1, 0.15) is 27.2 Å². The van der Waals surface area contributed by atoms with Crippen LogP contribution in [0, 0.1) is 13.8 Å². The van der Waals surface area contributed by atoms with E-state index >= 15 is 0 Å². The summed E-state index contributed by atoms with van der Waals surface area (Å²) < 4.78 is 11.9. The highest BCUT2D eigenvalue weighted by Crippen LogP contribution is 2.36. The monoisotopic (exact) mass is 433 g/mol. The summed E-state index contributed by atoms with van der Waals surface area (Å²) in [6.07, 6.45) is 1.72. The number of benzene rings is 2. The number of carbonyl (C=O) groups is 1. The van der Waals surface area contributed by atoms with Gasteiger partial charge in [0.05, 0.1) is 42.2 Å². The van der Waals surface area contributed by atoms with Gasteiger partial charge in [-0.1, -0.05) is 29.5 Å². The molecule has 4 rings (SSSR count). The zero-order valence-corrected chi connectivity index (χ0v) is 18.7. The van der Waals surface area contributed by atoms with Crippen LogP contribution in [0.4, 0.5) is 5.13 Å². The van der Waals surface area contributed by atoms with Crippen LogP contribution in [0.25, 0.3) is 10.2 Å². The fourth-order valence-electron chi connectivity index (χ4n) is 3.41. The van der Waals surface area contributed by atoms with E-state index < -0.39 is 0 Å². The molecule has 0 spiro atoms. The van der Waals surface area contributed by atoms with E-state index in [1.54, 1.807) is 36.4 Å². The molecule has 0 N–H and O–H groups in total. The summed E-state index contributed by atoms with van der Waals surface area (Å²) in [6.45, 7) is 4.40. The third-order valence-electron chi connectivity index (χ3n) is 5.23. The summed E-state index contributed by atoms with van der Waals surface area (Å²) in [5, 5.41) is 0.615.